The Bertz CT molecular complexity index is 773. The summed E-state index contributed by atoms with van der Waals surface area (Å²) in [7, 11) is 1.95. The van der Waals surface area contributed by atoms with Gasteiger partial charge >= 0.3 is 0 Å². The zero-order valence-electron chi connectivity index (χ0n) is 13.5. The van der Waals surface area contributed by atoms with Gasteiger partial charge in [0.1, 0.15) is 0 Å². The number of hydrogen-bond donors (Lipinski definition) is 1. The van der Waals surface area contributed by atoms with Gasteiger partial charge in [-0.25, -0.2) is 4.98 Å². The molecular formula is C17H20N4O3. The van der Waals surface area contributed by atoms with Crippen LogP contribution in [0.1, 0.15) is 17.2 Å². The molecule has 2 aromatic rings. The predicted molar refractivity (Wildman–Crippen MR) is 86.8 cm³/mol. The van der Waals surface area contributed by atoms with E-state index >= 15 is 0 Å². The zero-order valence-corrected chi connectivity index (χ0v) is 13.5. The highest BCUT2D eigenvalue weighted by molar-refractivity contribution is 5.79. The Morgan fingerprint density at radius 1 is 1.33 bits per heavy atom. The van der Waals surface area contributed by atoms with E-state index in [4.69, 9.17) is 15.2 Å². The van der Waals surface area contributed by atoms with Crippen molar-refractivity contribution in [2.75, 3.05) is 19.9 Å². The fraction of sp³-hybridized carbons (Fsp3) is 0.412. The molecule has 7 heteroatoms. The summed E-state index contributed by atoms with van der Waals surface area (Å²) in [5, 5.41) is 0. The molecule has 3 heterocycles. The van der Waals surface area contributed by atoms with E-state index in [1.54, 1.807) is 6.33 Å². The minimum atomic E-state index is -0.0684. The molecule has 7 nitrogen and oxygen atoms in total. The minimum Gasteiger partial charge on any atom is -0.454 e. The summed E-state index contributed by atoms with van der Waals surface area (Å²) in [6.07, 6.45) is 3.93. The molecule has 0 unspecified atom stereocenters. The number of nitrogens with two attached hydrogens (primary N) is 1. The van der Waals surface area contributed by atoms with E-state index in [9.17, 15) is 4.79 Å². The number of aryl methyl sites for hydroxylation is 1. The summed E-state index contributed by atoms with van der Waals surface area (Å²) in [6, 6.07) is 5.55. The Balaban J connectivity index is 1.45. The summed E-state index contributed by atoms with van der Waals surface area (Å²) in [4.78, 5) is 18.6. The molecule has 0 radical (unpaired) electrons. The number of imidazole rings is 1. The molecule has 4 rings (SSSR count). The van der Waals surface area contributed by atoms with Crippen LogP contribution in [-0.2, 0) is 18.3 Å². The molecule has 1 amide bonds. The highest BCUT2D eigenvalue weighted by atomic mass is 16.7. The van der Waals surface area contributed by atoms with Gasteiger partial charge in [-0.1, -0.05) is 6.07 Å². The summed E-state index contributed by atoms with van der Waals surface area (Å²) in [5.41, 5.74) is 8.25. The fourth-order valence-corrected chi connectivity index (χ4v) is 3.41. The number of likely N-dealkylation sites (tertiary alicyclic amines) is 1. The Morgan fingerprint density at radius 2 is 2.17 bits per heavy atom. The van der Waals surface area contributed by atoms with Crippen molar-refractivity contribution in [3.05, 3.63) is 42.0 Å². The molecule has 0 saturated carbocycles. The molecule has 2 N–H and O–H groups in total. The van der Waals surface area contributed by atoms with Crippen molar-refractivity contribution in [2.24, 2.45) is 12.8 Å². The number of hydrogen-bond acceptors (Lipinski definition) is 5. The van der Waals surface area contributed by atoms with Crippen molar-refractivity contribution >= 4 is 5.91 Å². The van der Waals surface area contributed by atoms with Crippen LogP contribution in [0.2, 0.25) is 0 Å². The number of benzene rings is 1. The van der Waals surface area contributed by atoms with Gasteiger partial charge in [-0.2, -0.15) is 0 Å². The molecule has 1 aromatic carbocycles. The van der Waals surface area contributed by atoms with Gasteiger partial charge in [0.2, 0.25) is 12.7 Å². The van der Waals surface area contributed by atoms with E-state index < -0.39 is 0 Å². The monoisotopic (exact) mass is 328 g/mol. The lowest BCUT2D eigenvalue weighted by molar-refractivity contribution is -0.129. The van der Waals surface area contributed by atoms with Crippen LogP contribution >= 0.6 is 0 Å². The van der Waals surface area contributed by atoms with E-state index in [0.29, 0.717) is 25.3 Å². The van der Waals surface area contributed by atoms with Gasteiger partial charge in [-0.15, -0.1) is 0 Å². The first-order valence-corrected chi connectivity index (χ1v) is 8.00. The van der Waals surface area contributed by atoms with Crippen LogP contribution in [0.4, 0.5) is 0 Å². The van der Waals surface area contributed by atoms with Crippen LogP contribution in [0.15, 0.2) is 30.7 Å². The maximum absolute atomic E-state index is 12.6. The number of aromatic nitrogens is 2. The minimum absolute atomic E-state index is 0.0684. The third-order valence-electron chi connectivity index (χ3n) is 4.74. The van der Waals surface area contributed by atoms with Crippen molar-refractivity contribution in [3.63, 3.8) is 0 Å². The number of rotatable bonds is 3. The largest absolute Gasteiger partial charge is 0.454 e. The average molecular weight is 328 g/mol. The molecule has 2 aliphatic heterocycles. The van der Waals surface area contributed by atoms with Gasteiger partial charge in [0, 0.05) is 44.0 Å². The highest BCUT2D eigenvalue weighted by Gasteiger charge is 2.35. The molecular weight excluding hydrogens is 308 g/mol. The first-order valence-electron chi connectivity index (χ1n) is 8.00. The molecule has 0 spiro atoms. The second kappa shape index (κ2) is 5.83. The van der Waals surface area contributed by atoms with E-state index in [0.717, 1.165) is 17.0 Å². The zero-order chi connectivity index (χ0) is 16.7. The first kappa shape index (κ1) is 15.0. The lowest BCUT2D eigenvalue weighted by atomic mass is 10.0. The van der Waals surface area contributed by atoms with Crippen molar-refractivity contribution < 1.29 is 14.3 Å². The second-order valence-corrected chi connectivity index (χ2v) is 6.36. The van der Waals surface area contributed by atoms with Crippen LogP contribution in [0.5, 0.6) is 11.5 Å². The van der Waals surface area contributed by atoms with Crippen molar-refractivity contribution in [1.82, 2.24) is 14.5 Å². The quantitative estimate of drug-likeness (QED) is 0.894. The first-order chi connectivity index (χ1) is 11.6. The van der Waals surface area contributed by atoms with Crippen LogP contribution in [-0.4, -0.2) is 46.3 Å². The van der Waals surface area contributed by atoms with E-state index in [1.807, 2.05) is 40.9 Å². The molecule has 2 atom stereocenters. The molecule has 0 aliphatic carbocycles. The SMILES string of the molecule is Cn1cncc1[C@@H]1CN(C(=O)Cc2ccc3c(c2)OCO3)C[C@H]1N. The van der Waals surface area contributed by atoms with E-state index in [1.165, 1.54) is 0 Å². The van der Waals surface area contributed by atoms with Crippen LogP contribution in [0, 0.1) is 0 Å². The maximum Gasteiger partial charge on any atom is 0.231 e. The third kappa shape index (κ3) is 2.60. The van der Waals surface area contributed by atoms with Crippen molar-refractivity contribution in [1.29, 1.82) is 0 Å². The molecule has 1 aromatic heterocycles. The number of amides is 1. The van der Waals surface area contributed by atoms with E-state index in [-0.39, 0.29) is 24.7 Å². The maximum atomic E-state index is 12.6. The summed E-state index contributed by atoms with van der Waals surface area (Å²) in [6.45, 7) is 1.43. The Kier molecular flexibility index (Phi) is 3.65. The van der Waals surface area contributed by atoms with Gasteiger partial charge in [0.15, 0.2) is 11.5 Å². The molecule has 126 valence electrons. The number of carbonyl (C=O) groups excluding carboxylic acids is 1. The second-order valence-electron chi connectivity index (χ2n) is 6.36. The number of carbonyl (C=O) groups is 1. The predicted octanol–water partition coefficient (Wildman–Crippen LogP) is 0.645. The smallest absolute Gasteiger partial charge is 0.231 e. The number of ether oxygens (including phenoxy) is 2. The molecule has 24 heavy (non-hydrogen) atoms. The van der Waals surface area contributed by atoms with Gasteiger partial charge in [0.25, 0.3) is 0 Å². The van der Waals surface area contributed by atoms with Crippen LogP contribution < -0.4 is 15.2 Å². The normalized spacial score (nSPS) is 22.2. The van der Waals surface area contributed by atoms with Crippen LogP contribution in [0.3, 0.4) is 0 Å². The number of fused-ring (bicyclic) bond motifs is 1. The Labute approximate surface area is 140 Å². The van der Waals surface area contributed by atoms with Crippen LogP contribution in [0.25, 0.3) is 0 Å². The Hall–Kier alpha value is -2.54. The van der Waals surface area contributed by atoms with E-state index in [2.05, 4.69) is 4.98 Å². The van der Waals surface area contributed by atoms with Crippen molar-refractivity contribution in [2.45, 2.75) is 18.4 Å². The van der Waals surface area contributed by atoms with Gasteiger partial charge in [0.05, 0.1) is 12.7 Å². The standard InChI is InChI=1S/C17H20N4O3/c1-20-9-19-6-14(20)12-7-21(8-13(12)18)17(22)5-11-2-3-15-16(4-11)24-10-23-15/h2-4,6,9,12-13H,5,7-8,10,18H2,1H3/t12-,13-/m1/s1. The number of nitrogens with zero attached hydrogens (tertiary/aromatic N) is 3. The highest BCUT2D eigenvalue weighted by Crippen LogP contribution is 2.33. The van der Waals surface area contributed by atoms with Crippen molar-refractivity contribution in [3.8, 4) is 11.5 Å². The molecule has 1 fully saturated rings. The fourth-order valence-electron chi connectivity index (χ4n) is 3.41. The van der Waals surface area contributed by atoms with Gasteiger partial charge in [-0.3, -0.25) is 4.79 Å². The summed E-state index contributed by atoms with van der Waals surface area (Å²) >= 11 is 0. The average Bonchev–Trinajstić information content (AvgIpc) is 3.26. The topological polar surface area (TPSA) is 82.6 Å². The molecule has 0 bridgehead atoms. The summed E-state index contributed by atoms with van der Waals surface area (Å²) < 4.78 is 12.6. The molecule has 2 aliphatic rings. The van der Waals surface area contributed by atoms with Gasteiger partial charge in [-0.05, 0) is 17.7 Å². The molecule has 1 saturated heterocycles. The Morgan fingerprint density at radius 3 is 2.96 bits per heavy atom. The van der Waals surface area contributed by atoms with Gasteiger partial charge < -0.3 is 24.7 Å². The lowest BCUT2D eigenvalue weighted by Gasteiger charge is -2.16. The lowest BCUT2D eigenvalue weighted by Crippen LogP contribution is -2.33. The summed E-state index contributed by atoms with van der Waals surface area (Å²) in [5.74, 6) is 1.63. The third-order valence-corrected chi connectivity index (χ3v) is 4.74.